The second-order valence-electron chi connectivity index (χ2n) is 6.95. The van der Waals surface area contributed by atoms with Crippen molar-refractivity contribution in [2.45, 2.75) is 19.9 Å². The van der Waals surface area contributed by atoms with Crippen LogP contribution >= 0.6 is 0 Å². The van der Waals surface area contributed by atoms with Gasteiger partial charge in [-0.05, 0) is 30.7 Å². The molecule has 0 unspecified atom stereocenters. The summed E-state index contributed by atoms with van der Waals surface area (Å²) in [4.78, 5) is 38.8. The summed E-state index contributed by atoms with van der Waals surface area (Å²) in [6, 6.07) is 11.1. The summed E-state index contributed by atoms with van der Waals surface area (Å²) in [7, 11) is 0. The largest absolute Gasteiger partial charge is 0.329 e. The van der Waals surface area contributed by atoms with E-state index in [2.05, 4.69) is 10.4 Å². The van der Waals surface area contributed by atoms with Crippen LogP contribution in [0.5, 0.6) is 0 Å². The number of nitrogens with one attached hydrogen (secondary N) is 2. The third-order valence-electron chi connectivity index (χ3n) is 4.97. The van der Waals surface area contributed by atoms with Gasteiger partial charge in [0.2, 0.25) is 0 Å². The Morgan fingerprint density at radius 2 is 1.77 bits per heavy atom. The van der Waals surface area contributed by atoms with Gasteiger partial charge in [-0.2, -0.15) is 0 Å². The Hall–Kier alpha value is -4.01. The highest BCUT2D eigenvalue weighted by Crippen LogP contribution is 2.19. The van der Waals surface area contributed by atoms with Gasteiger partial charge in [-0.1, -0.05) is 31.2 Å². The molecule has 1 aliphatic rings. The Balaban J connectivity index is 1.67. The molecule has 0 saturated carbocycles. The minimum atomic E-state index is -0.859. The minimum Gasteiger partial charge on any atom is -0.303 e. The maximum absolute atomic E-state index is 13.9. The zero-order valence-electron chi connectivity index (χ0n) is 16.5. The van der Waals surface area contributed by atoms with E-state index in [9.17, 15) is 23.2 Å². The van der Waals surface area contributed by atoms with Gasteiger partial charge in [0, 0.05) is 17.3 Å². The van der Waals surface area contributed by atoms with Crippen LogP contribution in [0.4, 0.5) is 13.6 Å². The first-order valence-electron chi connectivity index (χ1n) is 9.56. The lowest BCUT2D eigenvalue weighted by Crippen LogP contribution is -2.30. The Bertz CT molecular complexity index is 1260. The van der Waals surface area contributed by atoms with Crippen molar-refractivity contribution in [2.75, 3.05) is 0 Å². The van der Waals surface area contributed by atoms with Crippen LogP contribution in [0.2, 0.25) is 0 Å². The molecule has 2 aromatic carbocycles. The second kappa shape index (κ2) is 8.02. The Labute approximate surface area is 175 Å². The smallest absolute Gasteiger partial charge is 0.303 e. The van der Waals surface area contributed by atoms with Crippen molar-refractivity contribution >= 4 is 18.0 Å². The molecule has 4 rings (SSSR count). The number of aryl methyl sites for hydroxylation is 1. The number of aromatic amines is 1. The van der Waals surface area contributed by atoms with Crippen molar-refractivity contribution in [1.82, 2.24) is 20.0 Å². The van der Waals surface area contributed by atoms with Crippen LogP contribution < -0.4 is 10.9 Å². The van der Waals surface area contributed by atoms with Crippen molar-refractivity contribution in [3.05, 3.63) is 93.0 Å². The zero-order valence-corrected chi connectivity index (χ0v) is 16.5. The number of rotatable bonds is 5. The fourth-order valence-corrected chi connectivity index (χ4v) is 3.35. The third-order valence-corrected chi connectivity index (χ3v) is 4.97. The van der Waals surface area contributed by atoms with Gasteiger partial charge in [-0.15, -0.1) is 0 Å². The Kier molecular flexibility index (Phi) is 5.24. The van der Waals surface area contributed by atoms with Crippen LogP contribution in [0.25, 0.3) is 11.8 Å². The van der Waals surface area contributed by atoms with Crippen LogP contribution in [-0.4, -0.2) is 26.6 Å². The van der Waals surface area contributed by atoms with Gasteiger partial charge in [0.25, 0.3) is 11.5 Å². The first kappa shape index (κ1) is 20.3. The van der Waals surface area contributed by atoms with E-state index in [4.69, 9.17) is 0 Å². The molecule has 158 valence electrons. The number of benzene rings is 2. The molecule has 7 nitrogen and oxygen atoms in total. The summed E-state index contributed by atoms with van der Waals surface area (Å²) in [6.45, 7) is 1.48. The van der Waals surface area contributed by atoms with Gasteiger partial charge in [0.05, 0.1) is 17.8 Å². The lowest BCUT2D eigenvalue weighted by Gasteiger charge is -2.12. The molecule has 1 aliphatic heterocycles. The number of carbonyl (C=O) groups is 2. The van der Waals surface area contributed by atoms with Crippen LogP contribution in [0.3, 0.4) is 0 Å². The van der Waals surface area contributed by atoms with Gasteiger partial charge in [-0.25, -0.2) is 18.3 Å². The van der Waals surface area contributed by atoms with Crippen molar-refractivity contribution in [3.8, 4) is 5.69 Å². The fourth-order valence-electron chi connectivity index (χ4n) is 3.35. The van der Waals surface area contributed by atoms with E-state index in [-0.39, 0.29) is 28.9 Å². The molecular formula is C22H18F2N4O3. The number of para-hydroxylation sites is 1. The lowest BCUT2D eigenvalue weighted by atomic mass is 10.1. The summed E-state index contributed by atoms with van der Waals surface area (Å²) in [5, 5.41) is 5.44. The van der Waals surface area contributed by atoms with Gasteiger partial charge in [-0.3, -0.25) is 19.6 Å². The first-order chi connectivity index (χ1) is 14.9. The topological polar surface area (TPSA) is 87.2 Å². The SMILES string of the molecule is CCc1[nH]n(-c2ccccc2)c(=O)c1C=C1NC(=O)N(Cc2ccc(F)cc2F)C1=O. The number of halogens is 2. The highest BCUT2D eigenvalue weighted by molar-refractivity contribution is 6.13. The summed E-state index contributed by atoms with van der Waals surface area (Å²) >= 11 is 0. The second-order valence-corrected chi connectivity index (χ2v) is 6.95. The van der Waals surface area contributed by atoms with Crippen molar-refractivity contribution in [1.29, 1.82) is 0 Å². The maximum Gasteiger partial charge on any atom is 0.329 e. The van der Waals surface area contributed by atoms with Crippen LogP contribution in [0.1, 0.15) is 23.7 Å². The quantitative estimate of drug-likeness (QED) is 0.487. The molecule has 1 saturated heterocycles. The number of amides is 3. The molecule has 2 heterocycles. The number of H-pyrrole nitrogens is 1. The molecule has 3 amide bonds. The highest BCUT2D eigenvalue weighted by atomic mass is 19.1. The van der Waals surface area contributed by atoms with Gasteiger partial charge >= 0.3 is 6.03 Å². The number of carbonyl (C=O) groups excluding carboxylic acids is 2. The molecule has 1 fully saturated rings. The summed E-state index contributed by atoms with van der Waals surface area (Å²) in [6.07, 6.45) is 1.80. The van der Waals surface area contributed by atoms with E-state index in [0.29, 0.717) is 23.9 Å². The molecule has 0 aliphatic carbocycles. The molecule has 31 heavy (non-hydrogen) atoms. The number of imide groups is 1. The van der Waals surface area contributed by atoms with Crippen LogP contribution in [-0.2, 0) is 17.8 Å². The predicted octanol–water partition coefficient (Wildman–Crippen LogP) is 3.10. The third kappa shape index (κ3) is 3.77. The monoisotopic (exact) mass is 424 g/mol. The molecule has 0 radical (unpaired) electrons. The van der Waals surface area contributed by atoms with Crippen LogP contribution in [0, 0.1) is 11.6 Å². The van der Waals surface area contributed by atoms with Gasteiger partial charge < -0.3 is 5.32 Å². The van der Waals surface area contributed by atoms with E-state index in [0.717, 1.165) is 11.0 Å². The lowest BCUT2D eigenvalue weighted by molar-refractivity contribution is -0.123. The standard InChI is InChI=1S/C22H18F2N4O3/c1-2-18-16(20(29)28(26-18)15-6-4-3-5-7-15)11-19-21(30)27(22(31)25-19)12-13-8-9-14(23)10-17(13)24/h3-11,26H,2,12H2,1H3,(H,25,31). The molecule has 9 heteroatoms. The summed E-state index contributed by atoms with van der Waals surface area (Å²) < 4.78 is 28.4. The molecule has 0 atom stereocenters. The number of aromatic nitrogens is 2. The Morgan fingerprint density at radius 1 is 1.03 bits per heavy atom. The fraction of sp³-hybridized carbons (Fsp3) is 0.136. The zero-order chi connectivity index (χ0) is 22.1. The molecule has 3 aromatic rings. The minimum absolute atomic E-state index is 0.00604. The number of urea groups is 1. The average molecular weight is 424 g/mol. The van der Waals surface area contributed by atoms with Crippen LogP contribution in [0.15, 0.2) is 59.0 Å². The normalized spacial score (nSPS) is 15.1. The molecule has 0 bridgehead atoms. The van der Waals surface area contributed by atoms with E-state index in [1.54, 1.807) is 24.3 Å². The van der Waals surface area contributed by atoms with Crippen molar-refractivity contribution < 1.29 is 18.4 Å². The number of hydrogen-bond donors (Lipinski definition) is 2. The Morgan fingerprint density at radius 3 is 2.45 bits per heavy atom. The summed E-state index contributed by atoms with van der Waals surface area (Å²) in [5.74, 6) is -2.32. The highest BCUT2D eigenvalue weighted by Gasteiger charge is 2.34. The van der Waals surface area contributed by atoms with E-state index < -0.39 is 23.6 Å². The van der Waals surface area contributed by atoms with Crippen molar-refractivity contribution in [2.24, 2.45) is 0 Å². The van der Waals surface area contributed by atoms with E-state index in [1.807, 2.05) is 13.0 Å². The van der Waals surface area contributed by atoms with Gasteiger partial charge in [0.15, 0.2) is 0 Å². The molecule has 0 spiro atoms. The number of hydrogen-bond acceptors (Lipinski definition) is 3. The van der Waals surface area contributed by atoms with E-state index >= 15 is 0 Å². The van der Waals surface area contributed by atoms with Crippen molar-refractivity contribution in [3.63, 3.8) is 0 Å². The average Bonchev–Trinajstić information content (AvgIpc) is 3.21. The predicted molar refractivity (Wildman–Crippen MR) is 109 cm³/mol. The van der Waals surface area contributed by atoms with E-state index in [1.165, 1.54) is 16.8 Å². The maximum atomic E-state index is 13.9. The number of nitrogens with zero attached hydrogens (tertiary/aromatic N) is 2. The molecular weight excluding hydrogens is 406 g/mol. The molecule has 2 N–H and O–H groups in total. The first-order valence-corrected chi connectivity index (χ1v) is 9.56. The molecule has 1 aromatic heterocycles. The van der Waals surface area contributed by atoms with Gasteiger partial charge in [0.1, 0.15) is 17.3 Å². The summed E-state index contributed by atoms with van der Waals surface area (Å²) in [5.41, 5.74) is 0.978.